The Morgan fingerprint density at radius 2 is 2.00 bits per heavy atom. The van der Waals surface area contributed by atoms with Crippen LogP contribution in [0.4, 0.5) is 0 Å². The van der Waals surface area contributed by atoms with Crippen LogP contribution in [0.15, 0.2) is 33.9 Å². The van der Waals surface area contributed by atoms with Crippen LogP contribution < -0.4 is 4.74 Å². The Balaban J connectivity index is 1.96. The highest BCUT2D eigenvalue weighted by Crippen LogP contribution is 2.21. The van der Waals surface area contributed by atoms with Crippen molar-refractivity contribution in [1.82, 2.24) is 4.98 Å². The van der Waals surface area contributed by atoms with Gasteiger partial charge in [0.15, 0.2) is 5.78 Å². The van der Waals surface area contributed by atoms with Gasteiger partial charge in [-0.25, -0.2) is 4.98 Å². The van der Waals surface area contributed by atoms with Gasteiger partial charge in [-0.2, -0.15) is 0 Å². The fraction of sp³-hybridized carbons (Fsp3) is 0.286. The first-order valence-corrected chi connectivity index (χ1v) is 6.83. The second-order valence-corrected chi connectivity index (χ2v) is 4.99. The number of carbonyl (C=O) groups is 1. The Kier molecular flexibility index (Phi) is 4.27. The molecule has 2 aromatic rings. The number of hydrogen-bond acceptors (Lipinski definition) is 5. The molecule has 100 valence electrons. The zero-order valence-corrected chi connectivity index (χ0v) is 11.9. The molecule has 19 heavy (non-hydrogen) atoms. The first-order valence-electron chi connectivity index (χ1n) is 5.84. The molecular weight excluding hydrogens is 262 g/mol. The number of methoxy groups -OCH3 is 1. The van der Waals surface area contributed by atoms with E-state index in [9.17, 15) is 4.79 Å². The molecule has 4 nitrogen and oxygen atoms in total. The Hall–Kier alpha value is -1.75. The summed E-state index contributed by atoms with van der Waals surface area (Å²) in [5.41, 5.74) is 1.52. The van der Waals surface area contributed by atoms with Crippen molar-refractivity contribution >= 4 is 17.5 Å². The van der Waals surface area contributed by atoms with E-state index in [4.69, 9.17) is 9.15 Å². The Morgan fingerprint density at radius 1 is 1.32 bits per heavy atom. The van der Waals surface area contributed by atoms with Gasteiger partial charge in [0.05, 0.1) is 18.6 Å². The van der Waals surface area contributed by atoms with Crippen LogP contribution in [0.1, 0.15) is 21.8 Å². The summed E-state index contributed by atoms with van der Waals surface area (Å²) in [6, 6.07) is 7.07. The first-order chi connectivity index (χ1) is 9.10. The fourth-order valence-corrected chi connectivity index (χ4v) is 2.30. The predicted molar refractivity (Wildman–Crippen MR) is 74.0 cm³/mol. The zero-order chi connectivity index (χ0) is 13.8. The third-order valence-electron chi connectivity index (χ3n) is 2.75. The minimum atomic E-state index is 0.0427. The average molecular weight is 277 g/mol. The van der Waals surface area contributed by atoms with E-state index in [1.165, 1.54) is 11.8 Å². The molecular formula is C14H15NO3S. The lowest BCUT2D eigenvalue weighted by Gasteiger charge is -2.01. The molecule has 0 radical (unpaired) electrons. The number of aromatic nitrogens is 1. The first kappa shape index (κ1) is 13.7. The maximum atomic E-state index is 12.0. The van der Waals surface area contributed by atoms with Crippen molar-refractivity contribution in [2.75, 3.05) is 12.9 Å². The van der Waals surface area contributed by atoms with Crippen LogP contribution in [-0.2, 0) is 0 Å². The summed E-state index contributed by atoms with van der Waals surface area (Å²) in [5.74, 6) is 1.88. The van der Waals surface area contributed by atoms with Crippen LogP contribution in [0.2, 0.25) is 0 Å². The van der Waals surface area contributed by atoms with Crippen molar-refractivity contribution in [3.63, 3.8) is 0 Å². The van der Waals surface area contributed by atoms with Crippen LogP contribution in [0.5, 0.6) is 5.75 Å². The lowest BCUT2D eigenvalue weighted by Crippen LogP contribution is -2.02. The monoisotopic (exact) mass is 277 g/mol. The second kappa shape index (κ2) is 5.93. The standard InChI is InChI=1S/C14H15NO3S/c1-9-10(2)18-14(15-9)19-8-13(16)11-4-6-12(17-3)7-5-11/h4-7H,8H2,1-3H3. The van der Waals surface area contributed by atoms with Gasteiger partial charge in [-0.3, -0.25) is 4.79 Å². The zero-order valence-electron chi connectivity index (χ0n) is 11.1. The van der Waals surface area contributed by atoms with Crippen molar-refractivity contribution in [2.45, 2.75) is 19.1 Å². The molecule has 1 heterocycles. The van der Waals surface area contributed by atoms with Gasteiger partial charge in [0.2, 0.25) is 0 Å². The molecule has 0 aliphatic rings. The topological polar surface area (TPSA) is 52.3 Å². The maximum absolute atomic E-state index is 12.0. The van der Waals surface area contributed by atoms with Crippen molar-refractivity contribution < 1.29 is 13.9 Å². The van der Waals surface area contributed by atoms with Crippen LogP contribution >= 0.6 is 11.8 Å². The van der Waals surface area contributed by atoms with E-state index in [0.717, 1.165) is 17.2 Å². The number of ether oxygens (including phenoxy) is 1. The quantitative estimate of drug-likeness (QED) is 0.620. The SMILES string of the molecule is COc1ccc(C(=O)CSc2nc(C)c(C)o2)cc1. The predicted octanol–water partition coefficient (Wildman–Crippen LogP) is 3.28. The molecule has 5 heteroatoms. The van der Waals surface area contributed by atoms with Crippen LogP contribution in [0.3, 0.4) is 0 Å². The van der Waals surface area contributed by atoms with Crippen molar-refractivity contribution in [3.05, 3.63) is 41.3 Å². The lowest BCUT2D eigenvalue weighted by atomic mass is 10.1. The summed E-state index contributed by atoms with van der Waals surface area (Å²) in [7, 11) is 1.60. The molecule has 1 aromatic heterocycles. The third-order valence-corrected chi connectivity index (χ3v) is 3.58. The minimum Gasteiger partial charge on any atom is -0.497 e. The molecule has 0 atom stereocenters. The molecule has 0 N–H and O–H groups in total. The van der Waals surface area contributed by atoms with Gasteiger partial charge in [-0.1, -0.05) is 11.8 Å². The van der Waals surface area contributed by atoms with E-state index in [2.05, 4.69) is 4.98 Å². The molecule has 0 aliphatic carbocycles. The molecule has 0 aliphatic heterocycles. The molecule has 0 unspecified atom stereocenters. The number of oxazole rings is 1. The van der Waals surface area contributed by atoms with E-state index in [0.29, 0.717) is 16.5 Å². The number of carbonyl (C=O) groups excluding carboxylic acids is 1. The number of hydrogen-bond donors (Lipinski definition) is 0. The van der Waals surface area contributed by atoms with Gasteiger partial charge in [0, 0.05) is 5.56 Å². The Morgan fingerprint density at radius 3 is 2.53 bits per heavy atom. The van der Waals surface area contributed by atoms with Gasteiger partial charge in [0.1, 0.15) is 11.5 Å². The van der Waals surface area contributed by atoms with E-state index in [-0.39, 0.29) is 5.78 Å². The van der Waals surface area contributed by atoms with Crippen molar-refractivity contribution in [2.24, 2.45) is 0 Å². The molecule has 0 bridgehead atoms. The number of thioether (sulfide) groups is 1. The van der Waals surface area contributed by atoms with E-state index < -0.39 is 0 Å². The summed E-state index contributed by atoms with van der Waals surface area (Å²) < 4.78 is 10.5. The summed E-state index contributed by atoms with van der Waals surface area (Å²) in [6.45, 7) is 3.74. The highest BCUT2D eigenvalue weighted by molar-refractivity contribution is 7.99. The molecule has 0 spiro atoms. The number of rotatable bonds is 5. The number of nitrogens with zero attached hydrogens (tertiary/aromatic N) is 1. The number of ketones is 1. The Labute approximate surface area is 116 Å². The van der Waals surface area contributed by atoms with Crippen molar-refractivity contribution in [3.8, 4) is 5.75 Å². The number of benzene rings is 1. The maximum Gasteiger partial charge on any atom is 0.256 e. The lowest BCUT2D eigenvalue weighted by molar-refractivity contribution is 0.102. The van der Waals surface area contributed by atoms with Crippen LogP contribution in [0, 0.1) is 13.8 Å². The molecule has 2 rings (SSSR count). The van der Waals surface area contributed by atoms with Crippen molar-refractivity contribution in [1.29, 1.82) is 0 Å². The highest BCUT2D eigenvalue weighted by Gasteiger charge is 2.11. The number of Topliss-reactive ketones (excluding diaryl/α,β-unsaturated/α-hetero) is 1. The van der Waals surface area contributed by atoms with Gasteiger partial charge in [-0.15, -0.1) is 0 Å². The highest BCUT2D eigenvalue weighted by atomic mass is 32.2. The van der Waals surface area contributed by atoms with E-state index in [1.807, 2.05) is 13.8 Å². The summed E-state index contributed by atoms with van der Waals surface area (Å²) in [4.78, 5) is 16.2. The van der Waals surface area contributed by atoms with E-state index >= 15 is 0 Å². The summed E-state index contributed by atoms with van der Waals surface area (Å²) >= 11 is 1.31. The molecule has 0 saturated carbocycles. The van der Waals surface area contributed by atoms with Crippen LogP contribution in [0.25, 0.3) is 0 Å². The molecule has 0 fully saturated rings. The van der Waals surface area contributed by atoms with Gasteiger partial charge < -0.3 is 9.15 Å². The number of aryl methyl sites for hydroxylation is 2. The minimum absolute atomic E-state index is 0.0427. The fourth-order valence-electron chi connectivity index (χ4n) is 1.49. The molecule has 1 aromatic carbocycles. The average Bonchev–Trinajstić information content (AvgIpc) is 2.75. The second-order valence-electron chi connectivity index (χ2n) is 4.06. The van der Waals surface area contributed by atoms with Crippen LogP contribution in [-0.4, -0.2) is 23.6 Å². The third kappa shape index (κ3) is 3.38. The van der Waals surface area contributed by atoms with Gasteiger partial charge >= 0.3 is 0 Å². The van der Waals surface area contributed by atoms with Gasteiger partial charge in [0.25, 0.3) is 5.22 Å². The van der Waals surface area contributed by atoms with Gasteiger partial charge in [-0.05, 0) is 38.1 Å². The summed E-state index contributed by atoms with van der Waals surface area (Å²) in [6.07, 6.45) is 0. The largest absolute Gasteiger partial charge is 0.497 e. The Bertz CT molecular complexity index is 555. The summed E-state index contributed by atoms with van der Waals surface area (Å²) in [5, 5.41) is 0.539. The van der Waals surface area contributed by atoms with E-state index in [1.54, 1.807) is 31.4 Å². The molecule has 0 amide bonds. The molecule has 0 saturated heterocycles. The smallest absolute Gasteiger partial charge is 0.256 e. The normalized spacial score (nSPS) is 10.5.